The number of rotatable bonds is 5. The number of nitrogens with one attached hydrogen (secondary N) is 1. The van der Waals surface area contributed by atoms with Crippen molar-refractivity contribution >= 4 is 5.82 Å². The number of aromatic nitrogens is 1. The molecular formula is C17H30N2. The first kappa shape index (κ1) is 16.0. The van der Waals surface area contributed by atoms with Gasteiger partial charge in [0.15, 0.2) is 0 Å². The van der Waals surface area contributed by atoms with Crippen molar-refractivity contribution in [3.05, 3.63) is 23.9 Å². The lowest BCUT2D eigenvalue weighted by molar-refractivity contribution is 0.304. The van der Waals surface area contributed by atoms with Gasteiger partial charge in [-0.3, -0.25) is 0 Å². The minimum Gasteiger partial charge on any atom is -0.370 e. The van der Waals surface area contributed by atoms with Gasteiger partial charge in [0.1, 0.15) is 5.82 Å². The largest absolute Gasteiger partial charge is 0.370 e. The van der Waals surface area contributed by atoms with Crippen LogP contribution in [0.25, 0.3) is 0 Å². The van der Waals surface area contributed by atoms with E-state index in [1.165, 1.54) is 5.56 Å². The molecule has 0 unspecified atom stereocenters. The summed E-state index contributed by atoms with van der Waals surface area (Å²) in [6.07, 6.45) is 1.99. The summed E-state index contributed by atoms with van der Waals surface area (Å²) in [5.41, 5.74) is 1.45. The maximum absolute atomic E-state index is 4.52. The quantitative estimate of drug-likeness (QED) is 0.830. The highest BCUT2D eigenvalue weighted by Crippen LogP contribution is 2.23. The lowest BCUT2D eigenvalue weighted by Crippen LogP contribution is -2.24. The first-order valence-electron chi connectivity index (χ1n) is 7.42. The average molecular weight is 262 g/mol. The molecule has 0 fully saturated rings. The molecule has 0 amide bonds. The normalized spacial score (nSPS) is 12.5. The van der Waals surface area contributed by atoms with Crippen molar-refractivity contribution < 1.29 is 0 Å². The van der Waals surface area contributed by atoms with Gasteiger partial charge < -0.3 is 5.32 Å². The molecule has 0 bridgehead atoms. The van der Waals surface area contributed by atoms with Gasteiger partial charge in [-0.15, -0.1) is 0 Å². The number of anilines is 1. The third-order valence-corrected chi connectivity index (χ3v) is 3.86. The summed E-state index contributed by atoms with van der Waals surface area (Å²) in [6, 6.07) is 4.27. The standard InChI is InChI=1S/C17H30N2/c1-12(2)15(13(3)4)11-19-16-9-8-14(10-18-16)17(5,6)7/h8-10,12-13,15H,11H2,1-7H3,(H,18,19). The second-order valence-electron chi connectivity index (χ2n) is 7.21. The van der Waals surface area contributed by atoms with Gasteiger partial charge >= 0.3 is 0 Å². The molecule has 0 aromatic carbocycles. The van der Waals surface area contributed by atoms with E-state index in [0.29, 0.717) is 17.8 Å². The first-order chi connectivity index (χ1) is 8.71. The number of hydrogen-bond acceptors (Lipinski definition) is 2. The summed E-state index contributed by atoms with van der Waals surface area (Å²) in [6.45, 7) is 16.8. The first-order valence-corrected chi connectivity index (χ1v) is 7.42. The molecule has 0 aliphatic rings. The van der Waals surface area contributed by atoms with E-state index in [9.17, 15) is 0 Å². The fraction of sp³-hybridized carbons (Fsp3) is 0.706. The van der Waals surface area contributed by atoms with Crippen LogP contribution in [0.1, 0.15) is 54.0 Å². The van der Waals surface area contributed by atoms with Crippen LogP contribution in [0.15, 0.2) is 18.3 Å². The Morgan fingerprint density at radius 3 is 2.00 bits per heavy atom. The van der Waals surface area contributed by atoms with Crippen molar-refractivity contribution in [3.63, 3.8) is 0 Å². The summed E-state index contributed by atoms with van der Waals surface area (Å²) in [7, 11) is 0. The van der Waals surface area contributed by atoms with Crippen molar-refractivity contribution in [3.8, 4) is 0 Å². The molecule has 1 rings (SSSR count). The van der Waals surface area contributed by atoms with Gasteiger partial charge in [-0.2, -0.15) is 0 Å². The van der Waals surface area contributed by atoms with E-state index in [2.05, 4.69) is 70.9 Å². The lowest BCUT2D eigenvalue weighted by atomic mass is 9.85. The smallest absolute Gasteiger partial charge is 0.125 e. The highest BCUT2D eigenvalue weighted by atomic mass is 15.0. The van der Waals surface area contributed by atoms with Crippen LogP contribution < -0.4 is 5.32 Å². The third kappa shape index (κ3) is 4.85. The zero-order chi connectivity index (χ0) is 14.6. The van der Waals surface area contributed by atoms with Gasteiger partial charge in [0, 0.05) is 12.7 Å². The van der Waals surface area contributed by atoms with Crippen LogP contribution in [-0.2, 0) is 5.41 Å². The van der Waals surface area contributed by atoms with Crippen molar-refractivity contribution in [2.75, 3.05) is 11.9 Å². The zero-order valence-electron chi connectivity index (χ0n) is 13.6. The molecule has 1 N–H and O–H groups in total. The van der Waals surface area contributed by atoms with Crippen molar-refractivity contribution in [2.24, 2.45) is 17.8 Å². The van der Waals surface area contributed by atoms with Gasteiger partial charge in [-0.05, 0) is 34.8 Å². The van der Waals surface area contributed by atoms with Crippen LogP contribution in [0.4, 0.5) is 5.82 Å². The van der Waals surface area contributed by atoms with Gasteiger partial charge in [0.05, 0.1) is 0 Å². The van der Waals surface area contributed by atoms with Gasteiger partial charge in [0.25, 0.3) is 0 Å². The van der Waals surface area contributed by atoms with Crippen LogP contribution in [0, 0.1) is 17.8 Å². The van der Waals surface area contributed by atoms with Crippen LogP contribution in [0.2, 0.25) is 0 Å². The molecule has 0 aliphatic heterocycles. The molecule has 0 spiro atoms. The van der Waals surface area contributed by atoms with E-state index in [4.69, 9.17) is 0 Å². The van der Waals surface area contributed by atoms with Crippen LogP contribution in [0.3, 0.4) is 0 Å². The molecule has 0 saturated heterocycles. The molecule has 1 aromatic rings. The van der Waals surface area contributed by atoms with E-state index in [-0.39, 0.29) is 5.41 Å². The maximum Gasteiger partial charge on any atom is 0.125 e. The van der Waals surface area contributed by atoms with Gasteiger partial charge in [0.2, 0.25) is 0 Å². The predicted molar refractivity (Wildman–Crippen MR) is 84.6 cm³/mol. The van der Waals surface area contributed by atoms with Crippen molar-refractivity contribution in [1.82, 2.24) is 4.98 Å². The minimum atomic E-state index is 0.171. The van der Waals surface area contributed by atoms with Crippen LogP contribution >= 0.6 is 0 Å². The summed E-state index contributed by atoms with van der Waals surface area (Å²) < 4.78 is 0. The Balaban J connectivity index is 2.63. The zero-order valence-corrected chi connectivity index (χ0v) is 13.6. The van der Waals surface area contributed by atoms with Gasteiger partial charge in [-0.1, -0.05) is 54.5 Å². The molecule has 1 heterocycles. The summed E-state index contributed by atoms with van der Waals surface area (Å²) in [4.78, 5) is 4.52. The molecular weight excluding hydrogens is 232 g/mol. The fourth-order valence-electron chi connectivity index (χ4n) is 2.41. The molecule has 0 radical (unpaired) electrons. The van der Waals surface area contributed by atoms with E-state index in [0.717, 1.165) is 12.4 Å². The van der Waals surface area contributed by atoms with Crippen LogP contribution in [-0.4, -0.2) is 11.5 Å². The van der Waals surface area contributed by atoms with E-state index in [1.807, 2.05) is 6.20 Å². The summed E-state index contributed by atoms with van der Waals surface area (Å²) in [5.74, 6) is 3.06. The van der Waals surface area contributed by atoms with E-state index < -0.39 is 0 Å². The number of hydrogen-bond donors (Lipinski definition) is 1. The Morgan fingerprint density at radius 1 is 1.05 bits per heavy atom. The molecule has 2 heteroatoms. The number of nitrogens with zero attached hydrogens (tertiary/aromatic N) is 1. The average Bonchev–Trinajstić information content (AvgIpc) is 2.27. The predicted octanol–water partition coefficient (Wildman–Crippen LogP) is 4.72. The second-order valence-corrected chi connectivity index (χ2v) is 7.21. The highest BCUT2D eigenvalue weighted by molar-refractivity contribution is 5.37. The molecule has 0 saturated carbocycles. The Bertz CT molecular complexity index is 363. The van der Waals surface area contributed by atoms with E-state index in [1.54, 1.807) is 0 Å². The second kappa shape index (κ2) is 6.40. The number of pyridine rings is 1. The SMILES string of the molecule is CC(C)C(CNc1ccc(C(C)(C)C)cn1)C(C)C. The maximum atomic E-state index is 4.52. The Kier molecular flexibility index (Phi) is 5.39. The molecule has 0 aliphatic carbocycles. The Hall–Kier alpha value is -1.05. The van der Waals surface area contributed by atoms with Crippen LogP contribution in [0.5, 0.6) is 0 Å². The molecule has 19 heavy (non-hydrogen) atoms. The van der Waals surface area contributed by atoms with Crippen molar-refractivity contribution in [1.29, 1.82) is 0 Å². The lowest BCUT2D eigenvalue weighted by Gasteiger charge is -2.25. The molecule has 1 aromatic heterocycles. The highest BCUT2D eigenvalue weighted by Gasteiger charge is 2.17. The summed E-state index contributed by atoms with van der Waals surface area (Å²) >= 11 is 0. The Labute approximate surface area is 119 Å². The fourth-order valence-corrected chi connectivity index (χ4v) is 2.41. The molecule has 0 atom stereocenters. The Morgan fingerprint density at radius 2 is 1.63 bits per heavy atom. The van der Waals surface area contributed by atoms with E-state index >= 15 is 0 Å². The summed E-state index contributed by atoms with van der Waals surface area (Å²) in [5, 5.41) is 3.47. The minimum absolute atomic E-state index is 0.171. The monoisotopic (exact) mass is 262 g/mol. The molecule has 2 nitrogen and oxygen atoms in total. The molecule has 108 valence electrons. The van der Waals surface area contributed by atoms with Gasteiger partial charge in [-0.25, -0.2) is 4.98 Å². The van der Waals surface area contributed by atoms with Crippen molar-refractivity contribution in [2.45, 2.75) is 53.9 Å². The topological polar surface area (TPSA) is 24.9 Å². The third-order valence-electron chi connectivity index (χ3n) is 3.86.